The van der Waals surface area contributed by atoms with Crippen LogP contribution in [-0.2, 0) is 5.88 Å². The zero-order chi connectivity index (χ0) is 13.0. The molecule has 0 radical (unpaired) electrons. The van der Waals surface area contributed by atoms with Gasteiger partial charge in [-0.15, -0.1) is 11.6 Å². The van der Waals surface area contributed by atoms with Crippen LogP contribution in [0.5, 0.6) is 0 Å². The van der Waals surface area contributed by atoms with E-state index in [4.69, 9.17) is 23.2 Å². The second-order valence-electron chi connectivity index (χ2n) is 4.96. The third kappa shape index (κ3) is 3.79. The number of halogens is 2. The first-order chi connectivity index (χ1) is 7.97. The van der Waals surface area contributed by atoms with Crippen LogP contribution in [0, 0.1) is 5.92 Å². The molecule has 3 heteroatoms. The molecule has 0 aliphatic rings. The molecule has 0 aliphatic heterocycles. The summed E-state index contributed by atoms with van der Waals surface area (Å²) in [6.07, 6.45) is 1.16. The summed E-state index contributed by atoms with van der Waals surface area (Å²) >= 11 is 12.2. The summed E-state index contributed by atoms with van der Waals surface area (Å²) in [6, 6.07) is 6.44. The van der Waals surface area contributed by atoms with Gasteiger partial charge in [-0.3, -0.25) is 0 Å². The first kappa shape index (κ1) is 14.7. The minimum atomic E-state index is 0.452. The van der Waals surface area contributed by atoms with E-state index < -0.39 is 0 Å². The maximum Gasteiger partial charge on any atom is 0.0509 e. The van der Waals surface area contributed by atoms with E-state index in [1.54, 1.807) is 0 Å². The van der Waals surface area contributed by atoms with Crippen molar-refractivity contribution in [3.05, 3.63) is 28.8 Å². The van der Waals surface area contributed by atoms with Crippen molar-refractivity contribution >= 4 is 28.9 Å². The van der Waals surface area contributed by atoms with Gasteiger partial charge in [0.05, 0.1) is 5.88 Å². The Balaban J connectivity index is 2.95. The van der Waals surface area contributed by atoms with Crippen molar-refractivity contribution in [2.75, 3.05) is 11.9 Å². The summed E-state index contributed by atoms with van der Waals surface area (Å²) in [7, 11) is 2.11. The van der Waals surface area contributed by atoms with Crippen LogP contribution in [0.2, 0.25) is 5.02 Å². The molecule has 1 atom stereocenters. The highest BCUT2D eigenvalue weighted by molar-refractivity contribution is 6.32. The standard InChI is InChI=1S/C14H21Cl2N/c1-10(2)8-11(3)17(4)14-7-5-6-13(16)12(14)9-15/h5-7,10-11H,8-9H2,1-4H3. The molecule has 0 amide bonds. The van der Waals surface area contributed by atoms with E-state index in [1.165, 1.54) is 0 Å². The summed E-state index contributed by atoms with van der Waals surface area (Å²) in [5.41, 5.74) is 2.16. The van der Waals surface area contributed by atoms with Crippen molar-refractivity contribution in [2.24, 2.45) is 5.92 Å². The number of hydrogen-bond acceptors (Lipinski definition) is 1. The summed E-state index contributed by atoms with van der Waals surface area (Å²) in [4.78, 5) is 2.27. The minimum Gasteiger partial charge on any atom is -0.372 e. The second-order valence-corrected chi connectivity index (χ2v) is 5.64. The zero-order valence-electron chi connectivity index (χ0n) is 11.0. The van der Waals surface area contributed by atoms with E-state index in [-0.39, 0.29) is 0 Å². The van der Waals surface area contributed by atoms with E-state index in [0.717, 1.165) is 22.7 Å². The highest BCUT2D eigenvalue weighted by atomic mass is 35.5. The predicted octanol–water partition coefficient (Wildman–Crippen LogP) is 4.95. The molecular formula is C14H21Cl2N. The van der Waals surface area contributed by atoms with Gasteiger partial charge in [-0.05, 0) is 31.4 Å². The first-order valence-corrected chi connectivity index (χ1v) is 6.94. The SMILES string of the molecule is CC(C)CC(C)N(C)c1cccc(Cl)c1CCl. The van der Waals surface area contributed by atoms with Crippen LogP contribution < -0.4 is 4.90 Å². The fourth-order valence-electron chi connectivity index (χ4n) is 2.09. The second kappa shape index (κ2) is 6.51. The molecule has 0 N–H and O–H groups in total. The fraction of sp³-hybridized carbons (Fsp3) is 0.571. The van der Waals surface area contributed by atoms with Crippen molar-refractivity contribution in [3.8, 4) is 0 Å². The van der Waals surface area contributed by atoms with Gasteiger partial charge < -0.3 is 4.90 Å². The van der Waals surface area contributed by atoms with E-state index in [1.807, 2.05) is 12.1 Å². The molecule has 0 aliphatic carbocycles. The Kier molecular flexibility index (Phi) is 5.61. The Hall–Kier alpha value is -0.400. The van der Waals surface area contributed by atoms with Gasteiger partial charge in [-0.25, -0.2) is 0 Å². The number of anilines is 1. The number of nitrogens with zero attached hydrogens (tertiary/aromatic N) is 1. The van der Waals surface area contributed by atoms with Gasteiger partial charge >= 0.3 is 0 Å². The number of alkyl halides is 1. The molecule has 1 aromatic carbocycles. The average molecular weight is 274 g/mol. The molecule has 0 heterocycles. The molecule has 0 spiro atoms. The van der Waals surface area contributed by atoms with Gasteiger partial charge in [0, 0.05) is 29.4 Å². The van der Waals surface area contributed by atoms with Crippen molar-refractivity contribution in [2.45, 2.75) is 39.1 Å². The maximum absolute atomic E-state index is 6.17. The van der Waals surface area contributed by atoms with Gasteiger partial charge in [-0.2, -0.15) is 0 Å². The summed E-state index contributed by atoms with van der Waals surface area (Å²) < 4.78 is 0. The van der Waals surface area contributed by atoms with Crippen LogP contribution in [0.1, 0.15) is 32.8 Å². The first-order valence-electron chi connectivity index (χ1n) is 6.03. The van der Waals surface area contributed by atoms with Crippen LogP contribution in [0.25, 0.3) is 0 Å². The van der Waals surface area contributed by atoms with Gasteiger partial charge in [0.1, 0.15) is 0 Å². The predicted molar refractivity (Wildman–Crippen MR) is 78.3 cm³/mol. The molecule has 0 saturated carbocycles. The Morgan fingerprint density at radius 2 is 1.88 bits per heavy atom. The molecule has 0 fully saturated rings. The molecule has 1 rings (SSSR count). The van der Waals surface area contributed by atoms with Crippen LogP contribution in [0.3, 0.4) is 0 Å². The molecule has 17 heavy (non-hydrogen) atoms. The molecule has 1 unspecified atom stereocenters. The third-order valence-electron chi connectivity index (χ3n) is 3.08. The zero-order valence-corrected chi connectivity index (χ0v) is 12.5. The lowest BCUT2D eigenvalue weighted by Crippen LogP contribution is -2.30. The van der Waals surface area contributed by atoms with Gasteiger partial charge in [0.2, 0.25) is 0 Å². The fourth-order valence-corrected chi connectivity index (χ4v) is 2.67. The summed E-state index contributed by atoms with van der Waals surface area (Å²) in [5.74, 6) is 1.14. The lowest BCUT2D eigenvalue weighted by atomic mass is 10.0. The van der Waals surface area contributed by atoms with Crippen molar-refractivity contribution < 1.29 is 0 Å². The Morgan fingerprint density at radius 1 is 1.24 bits per heavy atom. The van der Waals surface area contributed by atoms with E-state index in [2.05, 4.69) is 38.8 Å². The summed E-state index contributed by atoms with van der Waals surface area (Å²) in [5, 5.41) is 0.751. The largest absolute Gasteiger partial charge is 0.372 e. The molecule has 0 aromatic heterocycles. The number of benzene rings is 1. The van der Waals surface area contributed by atoms with Gasteiger partial charge in [0.15, 0.2) is 0 Å². The van der Waals surface area contributed by atoms with Crippen LogP contribution in [0.15, 0.2) is 18.2 Å². The molecule has 0 bridgehead atoms. The molecule has 1 aromatic rings. The highest BCUT2D eigenvalue weighted by Crippen LogP contribution is 2.30. The highest BCUT2D eigenvalue weighted by Gasteiger charge is 2.15. The maximum atomic E-state index is 6.17. The lowest BCUT2D eigenvalue weighted by Gasteiger charge is -2.30. The molecule has 0 saturated heterocycles. The van der Waals surface area contributed by atoms with Crippen molar-refractivity contribution in [1.82, 2.24) is 0 Å². The van der Waals surface area contributed by atoms with Crippen molar-refractivity contribution in [3.63, 3.8) is 0 Å². The topological polar surface area (TPSA) is 3.24 Å². The smallest absolute Gasteiger partial charge is 0.0509 e. The van der Waals surface area contributed by atoms with E-state index in [9.17, 15) is 0 Å². The van der Waals surface area contributed by atoms with Gasteiger partial charge in [0.25, 0.3) is 0 Å². The minimum absolute atomic E-state index is 0.452. The van der Waals surface area contributed by atoms with Crippen LogP contribution in [-0.4, -0.2) is 13.1 Å². The Morgan fingerprint density at radius 3 is 2.41 bits per heavy atom. The van der Waals surface area contributed by atoms with E-state index >= 15 is 0 Å². The average Bonchev–Trinajstić information content (AvgIpc) is 2.26. The molecule has 1 nitrogen and oxygen atoms in total. The van der Waals surface area contributed by atoms with Gasteiger partial charge in [-0.1, -0.05) is 31.5 Å². The molecular weight excluding hydrogens is 253 g/mol. The number of hydrogen-bond donors (Lipinski definition) is 0. The Labute approximate surface area is 115 Å². The third-order valence-corrected chi connectivity index (χ3v) is 3.70. The lowest BCUT2D eigenvalue weighted by molar-refractivity contribution is 0.503. The number of rotatable bonds is 5. The Bertz CT molecular complexity index is 363. The van der Waals surface area contributed by atoms with Crippen LogP contribution >= 0.6 is 23.2 Å². The monoisotopic (exact) mass is 273 g/mol. The summed E-state index contributed by atoms with van der Waals surface area (Å²) in [6.45, 7) is 6.72. The van der Waals surface area contributed by atoms with E-state index in [0.29, 0.717) is 17.8 Å². The van der Waals surface area contributed by atoms with Crippen LogP contribution in [0.4, 0.5) is 5.69 Å². The quantitative estimate of drug-likeness (QED) is 0.687. The normalized spacial score (nSPS) is 12.9. The molecule has 96 valence electrons. The van der Waals surface area contributed by atoms with Crippen molar-refractivity contribution in [1.29, 1.82) is 0 Å².